The molecular formula is C12H15B6BrO. The lowest BCUT2D eigenvalue weighted by molar-refractivity contribution is 0.601. The minimum Gasteiger partial charge on any atom is -0.456 e. The van der Waals surface area contributed by atoms with Gasteiger partial charge in [0.2, 0.25) is 0 Å². The van der Waals surface area contributed by atoms with Gasteiger partial charge in [0.05, 0.1) is 4.47 Å². The Kier molecular flexibility index (Phi) is 4.53. The molecule has 1 aromatic heterocycles. The van der Waals surface area contributed by atoms with E-state index in [9.17, 15) is 0 Å². The van der Waals surface area contributed by atoms with Crippen LogP contribution >= 0.6 is 15.9 Å². The second-order valence-corrected chi connectivity index (χ2v) is 6.14. The van der Waals surface area contributed by atoms with Gasteiger partial charge >= 0.3 is 0 Å². The van der Waals surface area contributed by atoms with E-state index >= 15 is 0 Å². The monoisotopic (exact) mass is 320 g/mol. The van der Waals surface area contributed by atoms with Crippen molar-refractivity contribution in [1.29, 1.82) is 0 Å². The Bertz CT molecular complexity index is 701. The molecule has 0 N–H and O–H groups in total. The zero-order chi connectivity index (χ0) is 15.0. The van der Waals surface area contributed by atoms with Crippen LogP contribution < -0.4 is 16.4 Å². The van der Waals surface area contributed by atoms with E-state index in [1.54, 1.807) is 0 Å². The standard InChI is InChI=1S/C12H15B6BrO/c13-2-1-5(14)8(16)6-3-4-7(15)9(17)10(18)11(19)12(4)20-6/h1-3H,13-18H2/b2-1+,8-5-. The topological polar surface area (TPSA) is 13.1 Å². The number of furan rings is 1. The maximum absolute atomic E-state index is 6.11. The highest BCUT2D eigenvalue weighted by molar-refractivity contribution is 9.10. The van der Waals surface area contributed by atoms with E-state index in [1.165, 1.54) is 32.7 Å². The van der Waals surface area contributed by atoms with Crippen molar-refractivity contribution in [3.63, 3.8) is 0 Å². The first-order valence-electron chi connectivity index (χ1n) is 6.87. The first-order chi connectivity index (χ1) is 9.38. The lowest BCUT2D eigenvalue weighted by Crippen LogP contribution is -2.39. The molecular weight excluding hydrogens is 305 g/mol. The van der Waals surface area contributed by atoms with E-state index in [2.05, 4.69) is 73.3 Å². The molecule has 0 aliphatic rings. The molecule has 1 nitrogen and oxygen atoms in total. The summed E-state index contributed by atoms with van der Waals surface area (Å²) in [5.74, 6) is 3.00. The fraction of sp³-hybridized carbons (Fsp3) is 0. The first kappa shape index (κ1) is 15.5. The van der Waals surface area contributed by atoms with E-state index < -0.39 is 0 Å². The normalized spacial score (nSPS) is 13.1. The molecule has 2 rings (SSSR count). The molecule has 0 spiro atoms. The quantitative estimate of drug-likeness (QED) is 0.407. The molecule has 0 saturated heterocycles. The highest BCUT2D eigenvalue weighted by atomic mass is 79.9. The van der Waals surface area contributed by atoms with Gasteiger partial charge in [-0.05, 0) is 22.0 Å². The Balaban J connectivity index is 2.76. The van der Waals surface area contributed by atoms with Crippen LogP contribution in [0.4, 0.5) is 0 Å². The Morgan fingerprint density at radius 3 is 2.35 bits per heavy atom. The van der Waals surface area contributed by atoms with Gasteiger partial charge in [-0.2, -0.15) is 0 Å². The maximum atomic E-state index is 6.11. The molecule has 0 amide bonds. The molecule has 0 fully saturated rings. The van der Waals surface area contributed by atoms with Gasteiger partial charge in [-0.15, -0.1) is 5.98 Å². The zero-order valence-electron chi connectivity index (χ0n) is 13.0. The molecule has 0 radical (unpaired) electrons. The number of hydrogen-bond acceptors (Lipinski definition) is 1. The SMILES string of the molecule is B/C=C/C(B)=C(/B)c1cc2c(B)c(B)c(B)c(Br)c2o1. The van der Waals surface area contributed by atoms with Crippen molar-refractivity contribution in [2.45, 2.75) is 0 Å². The van der Waals surface area contributed by atoms with E-state index in [0.717, 1.165) is 15.8 Å². The van der Waals surface area contributed by atoms with Crippen molar-refractivity contribution < 1.29 is 4.42 Å². The van der Waals surface area contributed by atoms with E-state index in [4.69, 9.17) is 4.42 Å². The van der Waals surface area contributed by atoms with Gasteiger partial charge < -0.3 is 4.42 Å². The van der Waals surface area contributed by atoms with Gasteiger partial charge in [0.15, 0.2) is 0 Å². The van der Waals surface area contributed by atoms with Crippen LogP contribution in [-0.2, 0) is 0 Å². The highest BCUT2D eigenvalue weighted by Crippen LogP contribution is 2.27. The number of halogens is 1. The lowest BCUT2D eigenvalue weighted by atomic mass is 9.71. The second-order valence-electron chi connectivity index (χ2n) is 5.35. The van der Waals surface area contributed by atoms with Crippen molar-refractivity contribution in [3.05, 3.63) is 33.8 Å². The predicted octanol–water partition coefficient (Wildman–Crippen LogP) is -3.95. The van der Waals surface area contributed by atoms with Crippen LogP contribution in [0.5, 0.6) is 0 Å². The van der Waals surface area contributed by atoms with Crippen LogP contribution in [0.15, 0.2) is 32.5 Å². The van der Waals surface area contributed by atoms with Crippen molar-refractivity contribution in [1.82, 2.24) is 0 Å². The van der Waals surface area contributed by atoms with Gasteiger partial charge in [0.25, 0.3) is 0 Å². The predicted molar refractivity (Wildman–Crippen MR) is 110 cm³/mol. The van der Waals surface area contributed by atoms with E-state index in [1.807, 2.05) is 7.85 Å². The van der Waals surface area contributed by atoms with Crippen molar-refractivity contribution >= 4 is 95.8 Å². The maximum Gasteiger partial charge on any atom is 0.147 e. The van der Waals surface area contributed by atoms with Crippen molar-refractivity contribution in [2.24, 2.45) is 0 Å². The number of rotatable bonds is 2. The summed E-state index contributed by atoms with van der Waals surface area (Å²) in [6.07, 6.45) is 2.11. The molecule has 8 heteroatoms. The molecule has 0 saturated carbocycles. The summed E-state index contributed by atoms with van der Waals surface area (Å²) in [4.78, 5) is 0. The van der Waals surface area contributed by atoms with Crippen molar-refractivity contribution in [3.8, 4) is 0 Å². The van der Waals surface area contributed by atoms with Crippen LogP contribution in [0.1, 0.15) is 5.76 Å². The Morgan fingerprint density at radius 2 is 1.75 bits per heavy atom. The second kappa shape index (κ2) is 5.85. The van der Waals surface area contributed by atoms with Gasteiger partial charge in [0, 0.05) is 5.39 Å². The number of hydrogen-bond donors (Lipinski definition) is 0. The third-order valence-electron chi connectivity index (χ3n) is 4.17. The number of fused-ring (bicyclic) bond motifs is 1. The van der Waals surface area contributed by atoms with Gasteiger partial charge in [0.1, 0.15) is 58.4 Å². The van der Waals surface area contributed by atoms with Crippen LogP contribution in [0, 0.1) is 0 Å². The van der Waals surface area contributed by atoms with Gasteiger partial charge in [-0.25, -0.2) is 0 Å². The molecule has 1 aromatic carbocycles. The van der Waals surface area contributed by atoms with Crippen LogP contribution in [-0.4, -0.2) is 47.1 Å². The fourth-order valence-electron chi connectivity index (χ4n) is 2.40. The van der Waals surface area contributed by atoms with Crippen LogP contribution in [0.3, 0.4) is 0 Å². The molecule has 94 valence electrons. The van der Waals surface area contributed by atoms with Gasteiger partial charge in [-0.1, -0.05) is 33.4 Å². The lowest BCUT2D eigenvalue weighted by Gasteiger charge is -2.08. The molecule has 0 aliphatic carbocycles. The molecule has 2 aromatic rings. The minimum absolute atomic E-state index is 0.949. The first-order valence-corrected chi connectivity index (χ1v) is 7.67. The molecule has 0 bridgehead atoms. The summed E-state index contributed by atoms with van der Waals surface area (Å²) in [6, 6.07) is 2.16. The number of allylic oxidation sites excluding steroid dienone is 2. The molecule has 1 heterocycles. The fourth-order valence-corrected chi connectivity index (χ4v) is 3.00. The van der Waals surface area contributed by atoms with Crippen LogP contribution in [0.2, 0.25) is 0 Å². The Labute approximate surface area is 134 Å². The largest absolute Gasteiger partial charge is 0.456 e. The molecule has 0 unspecified atom stereocenters. The summed E-state index contributed by atoms with van der Waals surface area (Å²) in [6.45, 7) is 0. The Morgan fingerprint density at radius 1 is 1.10 bits per heavy atom. The summed E-state index contributed by atoms with van der Waals surface area (Å²) >= 11 is 3.67. The smallest absolute Gasteiger partial charge is 0.147 e. The van der Waals surface area contributed by atoms with E-state index in [-0.39, 0.29) is 0 Å². The average Bonchev–Trinajstić information content (AvgIpc) is 2.87. The minimum atomic E-state index is 0.949. The zero-order valence-corrected chi connectivity index (χ0v) is 14.6. The van der Waals surface area contributed by atoms with E-state index in [0.29, 0.717) is 0 Å². The molecule has 0 atom stereocenters. The number of benzene rings is 1. The van der Waals surface area contributed by atoms with Crippen molar-refractivity contribution in [2.75, 3.05) is 0 Å². The summed E-state index contributed by atoms with van der Waals surface area (Å²) < 4.78 is 7.17. The Hall–Kier alpha value is -0.890. The van der Waals surface area contributed by atoms with Gasteiger partial charge in [-0.3, -0.25) is 0 Å². The third kappa shape index (κ3) is 2.50. The average molecular weight is 320 g/mol. The highest BCUT2D eigenvalue weighted by Gasteiger charge is 2.15. The summed E-state index contributed by atoms with van der Waals surface area (Å²) in [7, 11) is 12.7. The molecule has 20 heavy (non-hydrogen) atoms. The third-order valence-corrected chi connectivity index (χ3v) is 5.12. The summed E-state index contributed by atoms with van der Waals surface area (Å²) in [5, 5.41) is 1.20. The van der Waals surface area contributed by atoms with Crippen LogP contribution in [0.25, 0.3) is 16.4 Å². The summed E-state index contributed by atoms with van der Waals surface area (Å²) in [5.41, 5.74) is 7.24. The molecule has 0 aliphatic heterocycles.